The van der Waals surface area contributed by atoms with Crippen molar-refractivity contribution in [2.45, 2.75) is 18.7 Å². The van der Waals surface area contributed by atoms with Gasteiger partial charge in [0.2, 0.25) is 6.23 Å². The number of hydrazone groups is 1. The van der Waals surface area contributed by atoms with E-state index < -0.39 is 6.23 Å². The number of rotatable bonds is 4. The molecule has 6 heteroatoms. The smallest absolute Gasteiger partial charge is 0.215 e. The Morgan fingerprint density at radius 1 is 0.933 bits per heavy atom. The number of benzene rings is 3. The van der Waals surface area contributed by atoms with Gasteiger partial charge in [-0.3, -0.25) is 0 Å². The molecule has 0 saturated heterocycles. The fourth-order valence-corrected chi connectivity index (χ4v) is 4.26. The molecule has 2 aliphatic heterocycles. The minimum atomic E-state index is -0.402. The van der Waals surface area contributed by atoms with Gasteiger partial charge in [-0.2, -0.15) is 5.10 Å². The van der Waals surface area contributed by atoms with Crippen LogP contribution in [0.15, 0.2) is 71.8 Å². The Balaban J connectivity index is 1.59. The van der Waals surface area contributed by atoms with E-state index in [4.69, 9.17) is 30.9 Å². The summed E-state index contributed by atoms with van der Waals surface area (Å²) in [7, 11) is 3.34. The van der Waals surface area contributed by atoms with Crippen LogP contribution in [0.2, 0.25) is 5.02 Å². The van der Waals surface area contributed by atoms with Crippen LogP contribution in [-0.2, 0) is 0 Å². The SMILES string of the molecule is COc1ccc(C2=NN3[C@H](C2)c2cc(OC)ccc2O[C@H]3c2ccccc2Cl)cc1. The van der Waals surface area contributed by atoms with Crippen molar-refractivity contribution in [1.29, 1.82) is 0 Å². The molecule has 5 nitrogen and oxygen atoms in total. The topological polar surface area (TPSA) is 43.3 Å². The van der Waals surface area contributed by atoms with Gasteiger partial charge in [0, 0.05) is 22.6 Å². The first-order valence-corrected chi connectivity index (χ1v) is 10.1. The number of halogens is 1. The van der Waals surface area contributed by atoms with Gasteiger partial charge in [0.25, 0.3) is 0 Å². The van der Waals surface area contributed by atoms with Crippen LogP contribution in [0.4, 0.5) is 0 Å². The van der Waals surface area contributed by atoms with Gasteiger partial charge < -0.3 is 14.2 Å². The van der Waals surface area contributed by atoms with Gasteiger partial charge in [-0.25, -0.2) is 5.01 Å². The number of hydrogen-bond acceptors (Lipinski definition) is 5. The lowest BCUT2D eigenvalue weighted by Gasteiger charge is -2.38. The Morgan fingerprint density at radius 3 is 2.40 bits per heavy atom. The van der Waals surface area contributed by atoms with Gasteiger partial charge in [0.15, 0.2) is 0 Å². The quantitative estimate of drug-likeness (QED) is 0.551. The van der Waals surface area contributed by atoms with E-state index in [2.05, 4.69) is 0 Å². The molecule has 0 aromatic heterocycles. The molecule has 5 rings (SSSR count). The molecular weight excluding hydrogens is 400 g/mol. The number of fused-ring (bicyclic) bond motifs is 3. The van der Waals surface area contributed by atoms with Crippen LogP contribution < -0.4 is 14.2 Å². The van der Waals surface area contributed by atoms with Crippen molar-refractivity contribution in [3.05, 3.63) is 88.4 Å². The number of ether oxygens (including phenoxy) is 3. The van der Waals surface area contributed by atoms with E-state index in [-0.39, 0.29) is 6.04 Å². The van der Waals surface area contributed by atoms with Crippen molar-refractivity contribution in [3.8, 4) is 17.2 Å². The largest absolute Gasteiger partial charge is 0.497 e. The third-order valence-corrected chi connectivity index (χ3v) is 5.94. The van der Waals surface area contributed by atoms with Gasteiger partial charge in [-0.15, -0.1) is 0 Å². The summed E-state index contributed by atoms with van der Waals surface area (Å²) < 4.78 is 17.1. The van der Waals surface area contributed by atoms with Crippen molar-refractivity contribution in [1.82, 2.24) is 5.01 Å². The van der Waals surface area contributed by atoms with Gasteiger partial charge in [0.1, 0.15) is 17.2 Å². The Hall–Kier alpha value is -3.18. The van der Waals surface area contributed by atoms with E-state index in [1.807, 2.05) is 71.7 Å². The minimum absolute atomic E-state index is 0.0298. The summed E-state index contributed by atoms with van der Waals surface area (Å²) in [6.45, 7) is 0. The average Bonchev–Trinajstić information content (AvgIpc) is 3.24. The molecule has 0 N–H and O–H groups in total. The Morgan fingerprint density at radius 2 is 1.67 bits per heavy atom. The van der Waals surface area contributed by atoms with Crippen molar-refractivity contribution in [2.75, 3.05) is 14.2 Å². The fraction of sp³-hybridized carbons (Fsp3) is 0.208. The molecule has 2 aliphatic rings. The van der Waals surface area contributed by atoms with Crippen molar-refractivity contribution < 1.29 is 14.2 Å². The Bertz CT molecular complexity index is 1110. The zero-order chi connectivity index (χ0) is 20.7. The van der Waals surface area contributed by atoms with Crippen molar-refractivity contribution in [2.24, 2.45) is 5.10 Å². The maximum Gasteiger partial charge on any atom is 0.215 e. The number of nitrogens with zero attached hydrogens (tertiary/aromatic N) is 2. The molecular formula is C24H21ClN2O3. The molecule has 2 heterocycles. The molecule has 0 aliphatic carbocycles. The highest BCUT2D eigenvalue weighted by Gasteiger charge is 2.41. The zero-order valence-corrected chi connectivity index (χ0v) is 17.5. The third kappa shape index (κ3) is 3.15. The van der Waals surface area contributed by atoms with Crippen molar-refractivity contribution >= 4 is 17.3 Å². The standard InChI is InChI=1S/C24H21ClN2O3/c1-28-16-9-7-15(8-10-16)21-14-22-19-13-17(29-2)11-12-23(19)30-24(27(22)26-21)18-5-3-4-6-20(18)25/h3-13,22,24H,14H2,1-2H3/t22-,24+/m1/s1. The third-order valence-electron chi connectivity index (χ3n) is 5.59. The Kier molecular flexibility index (Phi) is 4.75. The van der Waals surface area contributed by atoms with E-state index >= 15 is 0 Å². The summed E-state index contributed by atoms with van der Waals surface area (Å²) in [6, 6.07) is 21.7. The molecule has 0 spiro atoms. The van der Waals surface area contributed by atoms with E-state index in [0.717, 1.165) is 46.1 Å². The molecule has 30 heavy (non-hydrogen) atoms. The van der Waals surface area contributed by atoms with Gasteiger partial charge >= 0.3 is 0 Å². The molecule has 0 unspecified atom stereocenters. The molecule has 0 bridgehead atoms. The summed E-state index contributed by atoms with van der Waals surface area (Å²) in [4.78, 5) is 0. The summed E-state index contributed by atoms with van der Waals surface area (Å²) in [5, 5.41) is 7.65. The number of hydrogen-bond donors (Lipinski definition) is 0. The molecule has 3 aromatic carbocycles. The maximum atomic E-state index is 6.52. The first-order chi connectivity index (χ1) is 14.7. The van der Waals surface area contributed by atoms with Crippen LogP contribution in [0.1, 0.15) is 35.4 Å². The molecule has 0 amide bonds. The van der Waals surface area contributed by atoms with Crippen LogP contribution in [0.25, 0.3) is 0 Å². The second kappa shape index (κ2) is 7.58. The highest BCUT2D eigenvalue weighted by molar-refractivity contribution is 6.31. The first kappa shape index (κ1) is 18.8. The summed E-state index contributed by atoms with van der Waals surface area (Å²) in [5.74, 6) is 2.45. The highest BCUT2D eigenvalue weighted by Crippen LogP contribution is 2.49. The fourth-order valence-electron chi connectivity index (χ4n) is 4.03. The van der Waals surface area contributed by atoms with Gasteiger partial charge in [-0.05, 0) is 54.1 Å². The highest BCUT2D eigenvalue weighted by atomic mass is 35.5. The summed E-state index contributed by atoms with van der Waals surface area (Å²) in [5.41, 5.74) is 4.02. The van der Waals surface area contributed by atoms with Crippen LogP contribution >= 0.6 is 11.6 Å². The lowest BCUT2D eigenvalue weighted by atomic mass is 9.95. The van der Waals surface area contributed by atoms with E-state index in [9.17, 15) is 0 Å². The van der Waals surface area contributed by atoms with E-state index in [0.29, 0.717) is 5.02 Å². The summed E-state index contributed by atoms with van der Waals surface area (Å²) >= 11 is 6.52. The minimum Gasteiger partial charge on any atom is -0.497 e. The molecule has 0 saturated carbocycles. The van der Waals surface area contributed by atoms with Gasteiger partial charge in [0.05, 0.1) is 26.0 Å². The van der Waals surface area contributed by atoms with Crippen LogP contribution in [-0.4, -0.2) is 24.9 Å². The summed E-state index contributed by atoms with van der Waals surface area (Å²) in [6.07, 6.45) is 0.358. The molecule has 0 radical (unpaired) electrons. The molecule has 0 fully saturated rings. The van der Waals surface area contributed by atoms with Crippen LogP contribution in [0.5, 0.6) is 17.2 Å². The van der Waals surface area contributed by atoms with Crippen LogP contribution in [0, 0.1) is 0 Å². The molecule has 3 aromatic rings. The monoisotopic (exact) mass is 420 g/mol. The predicted octanol–water partition coefficient (Wildman–Crippen LogP) is 5.60. The second-order valence-electron chi connectivity index (χ2n) is 7.27. The molecule has 2 atom stereocenters. The zero-order valence-electron chi connectivity index (χ0n) is 16.7. The average molecular weight is 421 g/mol. The van der Waals surface area contributed by atoms with E-state index in [1.165, 1.54) is 0 Å². The molecule has 152 valence electrons. The van der Waals surface area contributed by atoms with Crippen molar-refractivity contribution in [3.63, 3.8) is 0 Å². The Labute approximate surface area is 180 Å². The van der Waals surface area contributed by atoms with E-state index in [1.54, 1.807) is 14.2 Å². The lowest BCUT2D eigenvalue weighted by molar-refractivity contribution is -0.0190. The lowest BCUT2D eigenvalue weighted by Crippen LogP contribution is -2.33. The second-order valence-corrected chi connectivity index (χ2v) is 7.68. The maximum absolute atomic E-state index is 6.52. The first-order valence-electron chi connectivity index (χ1n) is 9.77. The van der Waals surface area contributed by atoms with Gasteiger partial charge in [-0.1, -0.05) is 29.8 Å². The number of methoxy groups -OCH3 is 2. The normalized spacial score (nSPS) is 19.4. The predicted molar refractivity (Wildman–Crippen MR) is 117 cm³/mol. The van der Waals surface area contributed by atoms with Crippen LogP contribution in [0.3, 0.4) is 0 Å².